The van der Waals surface area contributed by atoms with Gasteiger partial charge in [0.1, 0.15) is 22.7 Å². The van der Waals surface area contributed by atoms with Crippen molar-refractivity contribution in [3.8, 4) is 10.6 Å². The number of aromatic nitrogens is 6. The lowest BCUT2D eigenvalue weighted by molar-refractivity contribution is -0.280. The summed E-state index contributed by atoms with van der Waals surface area (Å²) in [6.07, 6.45) is -6.10. The fourth-order valence-corrected chi connectivity index (χ4v) is 5.94. The number of hydrogen-bond acceptors (Lipinski definition) is 10. The van der Waals surface area contributed by atoms with Crippen molar-refractivity contribution >= 4 is 28.5 Å². The third-order valence-corrected chi connectivity index (χ3v) is 7.49. The summed E-state index contributed by atoms with van der Waals surface area (Å²) in [7, 11) is 0. The molecule has 16 heteroatoms. The second-order valence-electron chi connectivity index (χ2n) is 8.85. The van der Waals surface area contributed by atoms with Crippen LogP contribution in [0.15, 0.2) is 34.2 Å². The highest BCUT2D eigenvalue weighted by Crippen LogP contribution is 2.48. The quantitative estimate of drug-likeness (QED) is 0.377. The van der Waals surface area contributed by atoms with Crippen molar-refractivity contribution in [2.24, 2.45) is 0 Å². The lowest BCUT2D eigenvalue weighted by Gasteiger charge is -2.47. The molecule has 4 aromatic rings. The van der Waals surface area contributed by atoms with Gasteiger partial charge in [-0.2, -0.15) is 18.4 Å². The SMILES string of the molecule is O=C(O)N1C2CCC1(c1nc3cccc(-c4nccs4)c3o1)CN(C(OCc1nn[nH]n1)C(F)(F)F)C2. The Hall–Kier alpha value is -3.63. The first-order valence-corrected chi connectivity index (χ1v) is 12.1. The normalized spacial score (nSPS) is 23.1. The monoisotopic (exact) mass is 536 g/mol. The van der Waals surface area contributed by atoms with Gasteiger partial charge in [-0.15, -0.1) is 21.5 Å². The fraction of sp³-hybridized carbons (Fsp3) is 0.429. The fourth-order valence-electron chi connectivity index (χ4n) is 5.28. The van der Waals surface area contributed by atoms with E-state index in [0.717, 1.165) is 4.90 Å². The van der Waals surface area contributed by atoms with Crippen LogP contribution in [0.3, 0.4) is 0 Å². The lowest BCUT2D eigenvalue weighted by Crippen LogP contribution is -2.65. The predicted molar refractivity (Wildman–Crippen MR) is 120 cm³/mol. The van der Waals surface area contributed by atoms with Crippen molar-refractivity contribution in [1.29, 1.82) is 0 Å². The zero-order valence-corrected chi connectivity index (χ0v) is 19.7. The van der Waals surface area contributed by atoms with Crippen LogP contribution in [-0.2, 0) is 16.9 Å². The summed E-state index contributed by atoms with van der Waals surface area (Å²) in [5, 5.41) is 25.3. The second-order valence-corrected chi connectivity index (χ2v) is 9.74. The van der Waals surface area contributed by atoms with Gasteiger partial charge < -0.3 is 14.3 Å². The highest BCUT2D eigenvalue weighted by molar-refractivity contribution is 7.13. The average Bonchev–Trinajstić information content (AvgIpc) is 3.64. The number of piperazine rings is 1. The Morgan fingerprint density at radius 1 is 1.41 bits per heavy atom. The van der Waals surface area contributed by atoms with E-state index in [-0.39, 0.29) is 31.2 Å². The van der Waals surface area contributed by atoms with Crippen LogP contribution in [0.2, 0.25) is 0 Å². The number of benzene rings is 1. The molecule has 6 rings (SSSR count). The molecule has 2 aliphatic heterocycles. The van der Waals surface area contributed by atoms with E-state index >= 15 is 0 Å². The standard InChI is InChI=1S/C21H19F3N8O4S/c22-21(23,24)18(35-9-14-27-29-30-28-14)31-8-11-4-5-20(10-31,32(11)19(33)34)17-26-13-3-1-2-12(15(13)36-17)16-25-6-7-37-16/h1-3,6-7,11,18H,4-5,8-10H2,(H,33,34)(H,27,28,29,30). The Kier molecular flexibility index (Phi) is 5.61. The van der Waals surface area contributed by atoms with Crippen LogP contribution in [0, 0.1) is 0 Å². The Morgan fingerprint density at radius 3 is 2.97 bits per heavy atom. The van der Waals surface area contributed by atoms with Crippen molar-refractivity contribution in [1.82, 2.24) is 40.4 Å². The molecule has 5 heterocycles. The predicted octanol–water partition coefficient (Wildman–Crippen LogP) is 3.22. The van der Waals surface area contributed by atoms with Crippen LogP contribution in [0.1, 0.15) is 24.6 Å². The number of alkyl halides is 3. The number of carboxylic acid groups (broad SMARTS) is 1. The number of tetrazole rings is 1. The molecule has 1 aromatic carbocycles. The molecule has 3 aromatic heterocycles. The van der Waals surface area contributed by atoms with Crippen LogP contribution in [0.4, 0.5) is 18.0 Å². The number of thiazole rings is 1. The molecule has 0 radical (unpaired) electrons. The van der Waals surface area contributed by atoms with Crippen molar-refractivity contribution in [2.45, 2.75) is 43.4 Å². The van der Waals surface area contributed by atoms with Crippen molar-refractivity contribution in [3.63, 3.8) is 0 Å². The van der Waals surface area contributed by atoms with E-state index in [2.05, 4.69) is 30.6 Å². The molecule has 3 atom stereocenters. The second kappa shape index (κ2) is 8.74. The molecule has 3 unspecified atom stereocenters. The largest absolute Gasteiger partial charge is 0.465 e. The topological polar surface area (TPSA) is 146 Å². The number of nitrogens with one attached hydrogen (secondary N) is 1. The first-order valence-electron chi connectivity index (χ1n) is 11.2. The zero-order valence-electron chi connectivity index (χ0n) is 18.9. The van der Waals surface area contributed by atoms with Gasteiger partial charge in [0, 0.05) is 30.7 Å². The van der Waals surface area contributed by atoms with Gasteiger partial charge in [0.2, 0.25) is 12.1 Å². The van der Waals surface area contributed by atoms with Gasteiger partial charge in [-0.3, -0.25) is 9.80 Å². The summed E-state index contributed by atoms with van der Waals surface area (Å²) in [5.74, 6) is 0.00460. The number of oxazole rings is 1. The molecule has 37 heavy (non-hydrogen) atoms. The number of fused-ring (bicyclic) bond motifs is 3. The molecule has 12 nitrogen and oxygen atoms in total. The third-order valence-electron chi connectivity index (χ3n) is 6.68. The summed E-state index contributed by atoms with van der Waals surface area (Å²) in [5.41, 5.74) is 0.0907. The van der Waals surface area contributed by atoms with E-state index in [9.17, 15) is 23.1 Å². The molecule has 0 spiro atoms. The number of halogens is 3. The maximum atomic E-state index is 14.2. The zero-order chi connectivity index (χ0) is 25.8. The summed E-state index contributed by atoms with van der Waals surface area (Å²) in [6.45, 7) is -1.03. The number of nitrogens with zero attached hydrogens (tertiary/aromatic N) is 7. The molecule has 0 saturated carbocycles. The number of amides is 1. The molecular formula is C21H19F3N8O4S. The molecule has 194 valence electrons. The van der Waals surface area contributed by atoms with Crippen LogP contribution in [0.5, 0.6) is 0 Å². The van der Waals surface area contributed by atoms with Crippen LogP contribution in [0.25, 0.3) is 21.7 Å². The molecule has 2 saturated heterocycles. The minimum atomic E-state index is -4.77. The van der Waals surface area contributed by atoms with Crippen molar-refractivity contribution in [2.75, 3.05) is 13.1 Å². The molecule has 2 fully saturated rings. The minimum Gasteiger partial charge on any atom is -0.465 e. The third kappa shape index (κ3) is 4.00. The highest BCUT2D eigenvalue weighted by Gasteiger charge is 2.61. The number of aromatic amines is 1. The summed E-state index contributed by atoms with van der Waals surface area (Å²) in [6, 6.07) is 4.58. The molecule has 0 aliphatic carbocycles. The Labute approximate surface area is 210 Å². The number of H-pyrrole nitrogens is 1. The lowest BCUT2D eigenvalue weighted by atomic mass is 9.94. The summed E-state index contributed by atoms with van der Waals surface area (Å²) < 4.78 is 53.9. The molecular weight excluding hydrogens is 517 g/mol. The van der Waals surface area contributed by atoms with E-state index in [1.54, 1.807) is 24.4 Å². The average molecular weight is 536 g/mol. The Bertz CT molecular complexity index is 1410. The number of carbonyl (C=O) groups is 1. The Morgan fingerprint density at radius 2 is 2.27 bits per heavy atom. The van der Waals surface area contributed by atoms with Crippen LogP contribution in [-0.4, -0.2) is 83.1 Å². The number of rotatable bonds is 6. The van der Waals surface area contributed by atoms with Crippen molar-refractivity contribution in [3.05, 3.63) is 41.5 Å². The van der Waals surface area contributed by atoms with Crippen LogP contribution >= 0.6 is 11.3 Å². The van der Waals surface area contributed by atoms with Gasteiger partial charge in [-0.05, 0) is 25.0 Å². The van der Waals surface area contributed by atoms with Gasteiger partial charge in [0.25, 0.3) is 0 Å². The number of hydrogen-bond donors (Lipinski definition) is 2. The molecule has 2 N–H and O–H groups in total. The number of para-hydroxylation sites is 1. The minimum absolute atomic E-state index is 0.0372. The highest BCUT2D eigenvalue weighted by atomic mass is 32.1. The summed E-state index contributed by atoms with van der Waals surface area (Å²) in [4.78, 5) is 23.5. The molecule has 2 aliphatic rings. The summed E-state index contributed by atoms with van der Waals surface area (Å²) >= 11 is 1.40. The van der Waals surface area contributed by atoms with E-state index < -0.39 is 36.7 Å². The first-order chi connectivity index (χ1) is 17.8. The van der Waals surface area contributed by atoms with E-state index in [1.807, 2.05) is 5.38 Å². The molecule has 1 amide bonds. The van der Waals surface area contributed by atoms with Gasteiger partial charge in [0.15, 0.2) is 11.4 Å². The maximum Gasteiger partial charge on any atom is 0.428 e. The number of likely N-dealkylation sites (tertiary alicyclic amines) is 1. The maximum absolute atomic E-state index is 14.2. The molecule has 2 bridgehead atoms. The van der Waals surface area contributed by atoms with E-state index in [1.165, 1.54) is 16.2 Å². The smallest absolute Gasteiger partial charge is 0.428 e. The van der Waals surface area contributed by atoms with Crippen molar-refractivity contribution < 1.29 is 32.2 Å². The van der Waals surface area contributed by atoms with Gasteiger partial charge in [-0.25, -0.2) is 14.8 Å². The van der Waals surface area contributed by atoms with E-state index in [0.29, 0.717) is 28.1 Å². The van der Waals surface area contributed by atoms with Gasteiger partial charge in [-0.1, -0.05) is 11.3 Å². The van der Waals surface area contributed by atoms with Crippen LogP contribution < -0.4 is 0 Å². The van der Waals surface area contributed by atoms with Gasteiger partial charge >= 0.3 is 12.3 Å². The van der Waals surface area contributed by atoms with Gasteiger partial charge in [0.05, 0.1) is 5.56 Å². The number of ether oxygens (including phenoxy) is 1. The first kappa shape index (κ1) is 23.7. The Balaban J connectivity index is 1.40. The van der Waals surface area contributed by atoms with E-state index in [4.69, 9.17) is 9.15 Å².